The second-order valence-corrected chi connectivity index (χ2v) is 7.60. The monoisotopic (exact) mass is 402 g/mol. The maximum Gasteiger partial charge on any atom is 0.257 e. The van der Waals surface area contributed by atoms with Gasteiger partial charge in [-0.25, -0.2) is 8.42 Å². The summed E-state index contributed by atoms with van der Waals surface area (Å²) in [4.78, 5) is 12.3. The van der Waals surface area contributed by atoms with Gasteiger partial charge in [0.15, 0.2) is 0 Å². The lowest BCUT2D eigenvalue weighted by Crippen LogP contribution is -2.14. The first kappa shape index (κ1) is 16.8. The number of halogens is 2. The quantitative estimate of drug-likeness (QED) is 0.817. The van der Waals surface area contributed by atoms with Crippen LogP contribution in [-0.2, 0) is 10.0 Å². The maximum absolute atomic E-state index is 12.3. The smallest absolute Gasteiger partial charge is 0.257 e. The van der Waals surface area contributed by atoms with Gasteiger partial charge in [-0.15, -0.1) is 0 Å². The molecule has 116 valence electrons. The van der Waals surface area contributed by atoms with Gasteiger partial charge in [0.2, 0.25) is 10.0 Å². The summed E-state index contributed by atoms with van der Waals surface area (Å²) in [6, 6.07) is 11.4. The van der Waals surface area contributed by atoms with Crippen molar-refractivity contribution < 1.29 is 13.2 Å². The van der Waals surface area contributed by atoms with Crippen LogP contribution in [0.25, 0.3) is 0 Å². The molecule has 0 saturated heterocycles. The van der Waals surface area contributed by atoms with E-state index in [9.17, 15) is 13.2 Å². The molecule has 0 aliphatic rings. The van der Waals surface area contributed by atoms with E-state index in [1.165, 1.54) is 18.2 Å². The lowest BCUT2D eigenvalue weighted by Gasteiger charge is -2.10. The van der Waals surface area contributed by atoms with Gasteiger partial charge in [-0.05, 0) is 36.4 Å². The molecule has 0 fully saturated rings. The average molecular weight is 404 g/mol. The average Bonchev–Trinajstić information content (AvgIpc) is 2.39. The summed E-state index contributed by atoms with van der Waals surface area (Å²) < 4.78 is 25.6. The van der Waals surface area contributed by atoms with Crippen LogP contribution in [0.15, 0.2) is 46.9 Å². The molecule has 0 saturated carbocycles. The van der Waals surface area contributed by atoms with Crippen molar-refractivity contribution in [2.45, 2.75) is 0 Å². The zero-order valence-electron chi connectivity index (χ0n) is 11.4. The Bertz CT molecular complexity index is 825. The van der Waals surface area contributed by atoms with Gasteiger partial charge in [0.05, 0.1) is 16.8 Å². The van der Waals surface area contributed by atoms with Crippen LogP contribution in [0, 0.1) is 0 Å². The number of nitrogens with one attached hydrogen (secondary N) is 2. The molecule has 22 heavy (non-hydrogen) atoms. The molecule has 2 aromatic rings. The van der Waals surface area contributed by atoms with Crippen LogP contribution >= 0.6 is 27.5 Å². The number of carbonyl (C=O) groups is 1. The van der Waals surface area contributed by atoms with Crippen LogP contribution in [-0.4, -0.2) is 20.6 Å². The number of amides is 1. The number of anilines is 2. The number of hydrogen-bond donors (Lipinski definition) is 2. The summed E-state index contributed by atoms with van der Waals surface area (Å²) in [5.41, 5.74) is 1.04. The number of sulfonamides is 1. The van der Waals surface area contributed by atoms with Crippen molar-refractivity contribution in [3.8, 4) is 0 Å². The fourth-order valence-corrected chi connectivity index (χ4v) is 2.90. The number of rotatable bonds is 4. The van der Waals surface area contributed by atoms with Crippen molar-refractivity contribution in [1.29, 1.82) is 0 Å². The standard InChI is InChI=1S/C14H12BrClN2O3S/c1-22(20,21)18-11-5-6-13(16)12(8-11)14(19)17-10-4-2-3-9(15)7-10/h2-8,18H,1H3,(H,17,19). The summed E-state index contributed by atoms with van der Waals surface area (Å²) in [5, 5.41) is 2.93. The molecule has 5 nitrogen and oxygen atoms in total. The Balaban J connectivity index is 2.27. The molecule has 0 heterocycles. The molecule has 2 rings (SSSR count). The molecule has 0 atom stereocenters. The highest BCUT2D eigenvalue weighted by Gasteiger charge is 2.13. The Hall–Kier alpha value is -1.57. The predicted molar refractivity (Wildman–Crippen MR) is 92.0 cm³/mol. The largest absolute Gasteiger partial charge is 0.322 e. The topological polar surface area (TPSA) is 75.3 Å². The maximum atomic E-state index is 12.3. The van der Waals surface area contributed by atoms with Gasteiger partial charge in [0.1, 0.15) is 0 Å². The molecule has 0 aliphatic heterocycles. The third-order valence-corrected chi connectivity index (χ3v) is 4.03. The van der Waals surface area contributed by atoms with Crippen molar-refractivity contribution in [2.75, 3.05) is 16.3 Å². The number of benzene rings is 2. The van der Waals surface area contributed by atoms with Crippen LogP contribution in [0.5, 0.6) is 0 Å². The van der Waals surface area contributed by atoms with E-state index in [2.05, 4.69) is 26.0 Å². The van der Waals surface area contributed by atoms with Crippen molar-refractivity contribution in [3.63, 3.8) is 0 Å². The Morgan fingerprint density at radius 3 is 2.50 bits per heavy atom. The molecule has 0 radical (unpaired) electrons. The lowest BCUT2D eigenvalue weighted by molar-refractivity contribution is 0.102. The second kappa shape index (κ2) is 6.68. The Labute approximate surface area is 141 Å². The highest BCUT2D eigenvalue weighted by molar-refractivity contribution is 9.10. The fourth-order valence-electron chi connectivity index (χ4n) is 1.74. The molecule has 0 spiro atoms. The molecule has 0 aromatic heterocycles. The van der Waals surface area contributed by atoms with Gasteiger partial charge in [-0.1, -0.05) is 33.6 Å². The third-order valence-electron chi connectivity index (χ3n) is 2.60. The first-order chi connectivity index (χ1) is 10.2. The van der Waals surface area contributed by atoms with Crippen molar-refractivity contribution >= 4 is 54.8 Å². The van der Waals surface area contributed by atoms with Crippen LogP contribution in [0.2, 0.25) is 5.02 Å². The van der Waals surface area contributed by atoms with E-state index in [1.807, 2.05) is 6.07 Å². The zero-order chi connectivity index (χ0) is 16.3. The summed E-state index contributed by atoms with van der Waals surface area (Å²) in [7, 11) is -3.43. The van der Waals surface area contributed by atoms with E-state index < -0.39 is 15.9 Å². The Morgan fingerprint density at radius 1 is 1.14 bits per heavy atom. The molecule has 0 aliphatic carbocycles. The minimum absolute atomic E-state index is 0.176. The first-order valence-corrected chi connectivity index (χ1v) is 9.15. The predicted octanol–water partition coefficient (Wildman–Crippen LogP) is 3.73. The zero-order valence-corrected chi connectivity index (χ0v) is 14.6. The van der Waals surface area contributed by atoms with Gasteiger partial charge in [-0.3, -0.25) is 9.52 Å². The molecule has 8 heteroatoms. The van der Waals surface area contributed by atoms with Crippen molar-refractivity contribution in [1.82, 2.24) is 0 Å². The van der Waals surface area contributed by atoms with E-state index >= 15 is 0 Å². The normalized spacial score (nSPS) is 11.0. The van der Waals surface area contributed by atoms with Crippen LogP contribution < -0.4 is 10.0 Å². The van der Waals surface area contributed by atoms with E-state index in [1.54, 1.807) is 18.2 Å². The highest BCUT2D eigenvalue weighted by Crippen LogP contribution is 2.23. The van der Waals surface area contributed by atoms with E-state index in [0.29, 0.717) is 5.69 Å². The van der Waals surface area contributed by atoms with Gasteiger partial charge in [0, 0.05) is 15.8 Å². The van der Waals surface area contributed by atoms with Gasteiger partial charge < -0.3 is 5.32 Å². The molecule has 0 unspecified atom stereocenters. The second-order valence-electron chi connectivity index (χ2n) is 4.53. The molecular weight excluding hydrogens is 392 g/mol. The SMILES string of the molecule is CS(=O)(=O)Nc1ccc(Cl)c(C(=O)Nc2cccc(Br)c2)c1. The summed E-state index contributed by atoms with van der Waals surface area (Å²) >= 11 is 9.33. The minimum Gasteiger partial charge on any atom is -0.322 e. The third kappa shape index (κ3) is 4.72. The van der Waals surface area contributed by atoms with Crippen LogP contribution in [0.1, 0.15) is 10.4 Å². The lowest BCUT2D eigenvalue weighted by atomic mass is 10.2. The summed E-state index contributed by atoms with van der Waals surface area (Å²) in [6.07, 6.45) is 1.03. The Kier molecular flexibility index (Phi) is 5.10. The minimum atomic E-state index is -3.43. The number of carbonyl (C=O) groups excluding carboxylic acids is 1. The summed E-state index contributed by atoms with van der Waals surface area (Å²) in [5.74, 6) is -0.430. The van der Waals surface area contributed by atoms with E-state index in [0.717, 1.165) is 10.7 Å². The van der Waals surface area contributed by atoms with Gasteiger partial charge >= 0.3 is 0 Å². The molecule has 0 bridgehead atoms. The fraction of sp³-hybridized carbons (Fsp3) is 0.0714. The van der Waals surface area contributed by atoms with Gasteiger partial charge in [0.25, 0.3) is 5.91 Å². The molecule has 2 aromatic carbocycles. The Morgan fingerprint density at radius 2 is 1.86 bits per heavy atom. The highest BCUT2D eigenvalue weighted by atomic mass is 79.9. The van der Waals surface area contributed by atoms with Gasteiger partial charge in [-0.2, -0.15) is 0 Å². The first-order valence-electron chi connectivity index (χ1n) is 6.09. The van der Waals surface area contributed by atoms with Crippen molar-refractivity contribution in [2.24, 2.45) is 0 Å². The van der Waals surface area contributed by atoms with E-state index in [-0.39, 0.29) is 16.3 Å². The number of hydrogen-bond acceptors (Lipinski definition) is 3. The van der Waals surface area contributed by atoms with E-state index in [4.69, 9.17) is 11.6 Å². The molecule has 2 N–H and O–H groups in total. The molecular formula is C14H12BrClN2O3S. The molecule has 1 amide bonds. The van der Waals surface area contributed by atoms with Crippen molar-refractivity contribution in [3.05, 3.63) is 57.5 Å². The van der Waals surface area contributed by atoms with Crippen LogP contribution in [0.4, 0.5) is 11.4 Å². The van der Waals surface area contributed by atoms with Crippen LogP contribution in [0.3, 0.4) is 0 Å². The summed E-state index contributed by atoms with van der Waals surface area (Å²) in [6.45, 7) is 0.